The maximum atomic E-state index is 11.2. The molecule has 0 atom stereocenters. The first-order valence-electron chi connectivity index (χ1n) is 3.84. The monoisotopic (exact) mass is 173 g/mol. The van der Waals surface area contributed by atoms with E-state index in [9.17, 15) is 9.59 Å². The minimum atomic E-state index is -0.559. The van der Waals surface area contributed by atoms with Gasteiger partial charge in [-0.25, -0.2) is 0 Å². The predicted octanol–water partition coefficient (Wildman–Crippen LogP) is 1.46. The van der Waals surface area contributed by atoms with Gasteiger partial charge in [-0.2, -0.15) is 0 Å². The molecule has 0 radical (unpaired) electrons. The Morgan fingerprint density at radius 3 is 2.77 bits per heavy atom. The molecule has 1 amide bonds. The third-order valence-electron chi connectivity index (χ3n) is 1.98. The normalized spacial score (nSPS) is 13.8. The Bertz CT molecular complexity index is 421. The van der Waals surface area contributed by atoms with Crippen LogP contribution in [0.25, 0.3) is 6.08 Å². The Balaban J connectivity index is 2.58. The van der Waals surface area contributed by atoms with Crippen molar-refractivity contribution in [1.29, 1.82) is 0 Å². The summed E-state index contributed by atoms with van der Waals surface area (Å²) in [4.78, 5) is 22.1. The summed E-state index contributed by atoms with van der Waals surface area (Å²) in [5.41, 5.74) is 1.90. The number of hydrogen-bond acceptors (Lipinski definition) is 2. The smallest absolute Gasteiger partial charge is 0.296 e. The van der Waals surface area contributed by atoms with Gasteiger partial charge in [-0.1, -0.05) is 18.7 Å². The van der Waals surface area contributed by atoms with Crippen LogP contribution in [0.1, 0.15) is 15.9 Å². The molecule has 1 aliphatic rings. The molecule has 13 heavy (non-hydrogen) atoms. The lowest BCUT2D eigenvalue weighted by atomic mass is 10.1. The van der Waals surface area contributed by atoms with Crippen LogP contribution in [-0.2, 0) is 4.79 Å². The fourth-order valence-electron chi connectivity index (χ4n) is 1.29. The van der Waals surface area contributed by atoms with Crippen LogP contribution in [0.5, 0.6) is 0 Å². The van der Waals surface area contributed by atoms with Gasteiger partial charge in [-0.05, 0) is 17.7 Å². The number of amides is 1. The van der Waals surface area contributed by atoms with Crippen LogP contribution in [0.4, 0.5) is 5.69 Å². The second-order valence-electron chi connectivity index (χ2n) is 2.79. The van der Waals surface area contributed by atoms with Crippen LogP contribution in [-0.4, -0.2) is 11.7 Å². The summed E-state index contributed by atoms with van der Waals surface area (Å²) < 4.78 is 0. The zero-order chi connectivity index (χ0) is 9.42. The topological polar surface area (TPSA) is 46.2 Å². The van der Waals surface area contributed by atoms with Gasteiger partial charge in [0.05, 0.1) is 11.3 Å². The van der Waals surface area contributed by atoms with Gasteiger partial charge < -0.3 is 5.32 Å². The van der Waals surface area contributed by atoms with E-state index in [1.807, 2.05) is 0 Å². The molecule has 0 bridgehead atoms. The first-order chi connectivity index (χ1) is 6.22. The van der Waals surface area contributed by atoms with E-state index >= 15 is 0 Å². The highest BCUT2D eigenvalue weighted by Gasteiger charge is 2.27. The molecule has 1 N–H and O–H groups in total. The molecule has 0 saturated carbocycles. The van der Waals surface area contributed by atoms with Gasteiger partial charge in [0.15, 0.2) is 0 Å². The average Bonchev–Trinajstić information content (AvgIpc) is 2.42. The van der Waals surface area contributed by atoms with Gasteiger partial charge in [-0.3, -0.25) is 9.59 Å². The molecular formula is C10H7NO2. The molecule has 1 aromatic rings. The van der Waals surface area contributed by atoms with Crippen molar-refractivity contribution in [1.82, 2.24) is 0 Å². The summed E-state index contributed by atoms with van der Waals surface area (Å²) in [5, 5.41) is 2.49. The Morgan fingerprint density at radius 1 is 1.31 bits per heavy atom. The van der Waals surface area contributed by atoms with E-state index in [0.29, 0.717) is 11.3 Å². The molecule has 0 unspecified atom stereocenters. The maximum Gasteiger partial charge on any atom is 0.296 e. The molecule has 1 heterocycles. The highest BCUT2D eigenvalue weighted by molar-refractivity contribution is 6.51. The number of carbonyl (C=O) groups excluding carboxylic acids is 2. The van der Waals surface area contributed by atoms with Gasteiger partial charge in [0.1, 0.15) is 0 Å². The van der Waals surface area contributed by atoms with Crippen molar-refractivity contribution in [3.05, 3.63) is 35.9 Å². The number of ketones is 1. The second-order valence-corrected chi connectivity index (χ2v) is 2.79. The average molecular weight is 173 g/mol. The van der Waals surface area contributed by atoms with E-state index in [2.05, 4.69) is 11.9 Å². The van der Waals surface area contributed by atoms with Crippen LogP contribution < -0.4 is 5.32 Å². The quantitative estimate of drug-likeness (QED) is 0.653. The zero-order valence-electron chi connectivity index (χ0n) is 6.83. The molecule has 0 fully saturated rings. The summed E-state index contributed by atoms with van der Waals surface area (Å²) in [6, 6.07) is 5.11. The fraction of sp³-hybridized carbons (Fsp3) is 0. The van der Waals surface area contributed by atoms with Gasteiger partial charge in [-0.15, -0.1) is 0 Å². The molecule has 3 heteroatoms. The van der Waals surface area contributed by atoms with Crippen molar-refractivity contribution in [2.45, 2.75) is 0 Å². The molecular weight excluding hydrogens is 166 g/mol. The number of anilines is 1. The van der Waals surface area contributed by atoms with Crippen LogP contribution in [0.15, 0.2) is 24.8 Å². The minimum absolute atomic E-state index is 0.440. The van der Waals surface area contributed by atoms with Gasteiger partial charge in [0.2, 0.25) is 0 Å². The van der Waals surface area contributed by atoms with Crippen LogP contribution >= 0.6 is 0 Å². The second kappa shape index (κ2) is 2.55. The number of carbonyl (C=O) groups is 2. The molecule has 2 rings (SSSR count). The summed E-state index contributed by atoms with van der Waals surface area (Å²) in [7, 11) is 0. The van der Waals surface area contributed by atoms with E-state index in [-0.39, 0.29) is 0 Å². The Labute approximate surface area is 75.1 Å². The summed E-state index contributed by atoms with van der Waals surface area (Å²) in [6.07, 6.45) is 1.66. The lowest BCUT2D eigenvalue weighted by Gasteiger charge is -1.97. The van der Waals surface area contributed by atoms with Crippen molar-refractivity contribution in [2.75, 3.05) is 5.32 Å². The van der Waals surface area contributed by atoms with Crippen molar-refractivity contribution < 1.29 is 9.59 Å². The highest BCUT2D eigenvalue weighted by Crippen LogP contribution is 2.24. The number of hydrogen-bond donors (Lipinski definition) is 1. The summed E-state index contributed by atoms with van der Waals surface area (Å²) in [5.74, 6) is -1.03. The Hall–Kier alpha value is -1.90. The SMILES string of the molecule is C=Cc1ccc2c(c1)NC(=O)C2=O. The predicted molar refractivity (Wildman–Crippen MR) is 49.5 cm³/mol. The maximum absolute atomic E-state index is 11.2. The molecule has 0 aliphatic carbocycles. The van der Waals surface area contributed by atoms with E-state index in [0.717, 1.165) is 5.56 Å². The first kappa shape index (κ1) is 7.73. The van der Waals surface area contributed by atoms with Crippen molar-refractivity contribution in [3.63, 3.8) is 0 Å². The Morgan fingerprint density at radius 2 is 2.08 bits per heavy atom. The number of fused-ring (bicyclic) bond motifs is 1. The summed E-state index contributed by atoms with van der Waals surface area (Å²) in [6.45, 7) is 3.60. The van der Waals surface area contributed by atoms with Crippen molar-refractivity contribution >= 4 is 23.5 Å². The molecule has 0 saturated heterocycles. The third kappa shape index (κ3) is 1.05. The lowest BCUT2D eigenvalue weighted by molar-refractivity contribution is -0.112. The van der Waals surface area contributed by atoms with Crippen LogP contribution in [0.2, 0.25) is 0 Å². The van der Waals surface area contributed by atoms with Crippen LogP contribution in [0.3, 0.4) is 0 Å². The largest absolute Gasteiger partial charge is 0.318 e. The van der Waals surface area contributed by atoms with E-state index in [4.69, 9.17) is 0 Å². The zero-order valence-corrected chi connectivity index (χ0v) is 6.83. The van der Waals surface area contributed by atoms with E-state index < -0.39 is 11.7 Å². The molecule has 1 aliphatic heterocycles. The molecule has 1 aromatic carbocycles. The molecule has 0 spiro atoms. The molecule has 64 valence electrons. The fourth-order valence-corrected chi connectivity index (χ4v) is 1.29. The minimum Gasteiger partial charge on any atom is -0.318 e. The van der Waals surface area contributed by atoms with Crippen molar-refractivity contribution in [2.24, 2.45) is 0 Å². The first-order valence-corrected chi connectivity index (χ1v) is 3.84. The molecule has 3 nitrogen and oxygen atoms in total. The van der Waals surface area contributed by atoms with Gasteiger partial charge in [0.25, 0.3) is 11.7 Å². The number of benzene rings is 1. The number of Topliss-reactive ketones (excluding diaryl/α,β-unsaturated/α-hetero) is 1. The Kier molecular flexibility index (Phi) is 1.52. The van der Waals surface area contributed by atoms with E-state index in [1.165, 1.54) is 0 Å². The summed E-state index contributed by atoms with van der Waals surface area (Å²) >= 11 is 0. The van der Waals surface area contributed by atoms with E-state index in [1.54, 1.807) is 24.3 Å². The molecule has 0 aromatic heterocycles. The number of nitrogens with one attached hydrogen (secondary N) is 1. The number of rotatable bonds is 1. The van der Waals surface area contributed by atoms with Gasteiger partial charge >= 0.3 is 0 Å². The standard InChI is InChI=1S/C10H7NO2/c1-2-6-3-4-7-8(5-6)11-10(13)9(7)12/h2-5H,1H2,(H,11,12,13). The highest BCUT2D eigenvalue weighted by atomic mass is 16.2. The third-order valence-corrected chi connectivity index (χ3v) is 1.98. The lowest BCUT2D eigenvalue weighted by Crippen LogP contribution is -2.12. The van der Waals surface area contributed by atoms with Gasteiger partial charge in [0, 0.05) is 0 Å². The van der Waals surface area contributed by atoms with Crippen LogP contribution in [0, 0.1) is 0 Å². The van der Waals surface area contributed by atoms with Crippen molar-refractivity contribution in [3.8, 4) is 0 Å².